The first-order valence-electron chi connectivity index (χ1n) is 10.4. The third-order valence-corrected chi connectivity index (χ3v) is 5.08. The van der Waals surface area contributed by atoms with E-state index in [0.717, 1.165) is 11.0 Å². The zero-order valence-corrected chi connectivity index (χ0v) is 18.9. The zero-order valence-electron chi connectivity index (χ0n) is 18.9. The Kier molecular flexibility index (Phi) is 5.87. The number of allylic oxidation sites excluding steroid dienone is 5. The Morgan fingerprint density at radius 3 is 2.78 bits per heavy atom. The summed E-state index contributed by atoms with van der Waals surface area (Å²) in [6, 6.07) is 5.69. The molecule has 0 N–H and O–H groups in total. The average molecular weight is 430 g/mol. The fourth-order valence-electron chi connectivity index (χ4n) is 3.46. The summed E-state index contributed by atoms with van der Waals surface area (Å²) in [4.78, 5) is 24.3. The van der Waals surface area contributed by atoms with Crippen LogP contribution in [-0.4, -0.2) is 54.5 Å². The minimum absolute atomic E-state index is 0.0953. The Bertz CT molecular complexity index is 1410. The summed E-state index contributed by atoms with van der Waals surface area (Å²) in [6.07, 6.45) is 11.0. The Balaban J connectivity index is 1.95. The topological polar surface area (TPSA) is 73.2 Å². The average Bonchev–Trinajstić information content (AvgIpc) is 3.34. The van der Waals surface area contributed by atoms with E-state index in [4.69, 9.17) is 4.98 Å². The molecule has 0 aromatic carbocycles. The number of hydrogen-bond donors (Lipinski definition) is 0. The molecule has 0 amide bonds. The predicted octanol–water partition coefficient (Wildman–Crippen LogP) is 3.33. The molecule has 4 aromatic rings. The summed E-state index contributed by atoms with van der Waals surface area (Å²) < 4.78 is 5.36. The van der Waals surface area contributed by atoms with Gasteiger partial charge in [-0.1, -0.05) is 30.4 Å². The first-order valence-corrected chi connectivity index (χ1v) is 10.4. The molecule has 0 unspecified atom stereocenters. The minimum Gasteiger partial charge on any atom is -0.308 e. The SMILES string of the molecule is C=C(/C=C\C=C(C)C)c1nc(-n2c3ccncc3c(=O)n2CCN(C)C)c2cccn2n1. The van der Waals surface area contributed by atoms with Crippen molar-refractivity contribution in [3.8, 4) is 5.82 Å². The maximum absolute atomic E-state index is 13.2. The number of pyridine rings is 1. The minimum atomic E-state index is -0.0953. The molecule has 8 nitrogen and oxygen atoms in total. The van der Waals surface area contributed by atoms with E-state index in [2.05, 4.69) is 16.7 Å². The lowest BCUT2D eigenvalue weighted by Gasteiger charge is -2.16. The van der Waals surface area contributed by atoms with Crippen molar-refractivity contribution in [1.29, 1.82) is 0 Å². The molecule has 0 saturated heterocycles. The van der Waals surface area contributed by atoms with Gasteiger partial charge in [0.15, 0.2) is 11.6 Å². The van der Waals surface area contributed by atoms with Crippen molar-refractivity contribution in [2.75, 3.05) is 20.6 Å². The number of aromatic nitrogens is 6. The van der Waals surface area contributed by atoms with Gasteiger partial charge in [-0.2, -0.15) is 0 Å². The van der Waals surface area contributed by atoms with Crippen molar-refractivity contribution in [2.24, 2.45) is 0 Å². The molecule has 4 heterocycles. The van der Waals surface area contributed by atoms with Crippen LogP contribution in [0.1, 0.15) is 19.7 Å². The molecule has 0 aliphatic heterocycles. The zero-order chi connectivity index (χ0) is 22.8. The van der Waals surface area contributed by atoms with E-state index in [1.54, 1.807) is 21.6 Å². The summed E-state index contributed by atoms with van der Waals surface area (Å²) in [5.74, 6) is 1.11. The van der Waals surface area contributed by atoms with E-state index in [-0.39, 0.29) is 5.56 Å². The van der Waals surface area contributed by atoms with Gasteiger partial charge in [0.05, 0.1) is 17.4 Å². The number of rotatable bonds is 7. The molecule has 0 saturated carbocycles. The van der Waals surface area contributed by atoms with Gasteiger partial charge in [-0.15, -0.1) is 5.10 Å². The van der Waals surface area contributed by atoms with Gasteiger partial charge in [-0.05, 0) is 46.1 Å². The fourth-order valence-corrected chi connectivity index (χ4v) is 3.46. The lowest BCUT2D eigenvalue weighted by Crippen LogP contribution is -2.29. The number of nitrogens with zero attached hydrogens (tertiary/aromatic N) is 7. The van der Waals surface area contributed by atoms with Crippen molar-refractivity contribution in [1.82, 2.24) is 33.8 Å². The van der Waals surface area contributed by atoms with Gasteiger partial charge >= 0.3 is 0 Å². The van der Waals surface area contributed by atoms with Gasteiger partial charge in [-0.25, -0.2) is 18.9 Å². The standard InChI is InChI=1S/C24H27N7O/c1-17(2)8-6-9-18(3)22-26-23(21-10-7-13-29(21)27-22)31-20-11-12-25-16-19(20)24(32)30(31)15-14-28(4)5/h6-13,16H,3,14-15H2,1-2,4-5H3/b9-6-. The van der Waals surface area contributed by atoms with E-state index in [1.807, 2.05) is 80.1 Å². The molecule has 0 radical (unpaired) electrons. The molecule has 0 atom stereocenters. The van der Waals surface area contributed by atoms with Crippen molar-refractivity contribution < 1.29 is 0 Å². The molecule has 0 aliphatic rings. The molecule has 0 aliphatic carbocycles. The monoisotopic (exact) mass is 429 g/mol. The lowest BCUT2D eigenvalue weighted by atomic mass is 10.2. The highest BCUT2D eigenvalue weighted by molar-refractivity contribution is 5.81. The second kappa shape index (κ2) is 8.76. The molecular weight excluding hydrogens is 402 g/mol. The van der Waals surface area contributed by atoms with E-state index in [9.17, 15) is 4.79 Å². The molecular formula is C24H27N7O. The maximum atomic E-state index is 13.2. The maximum Gasteiger partial charge on any atom is 0.276 e. The van der Waals surface area contributed by atoms with Crippen LogP contribution in [0.4, 0.5) is 0 Å². The van der Waals surface area contributed by atoms with Crippen LogP contribution in [0.3, 0.4) is 0 Å². The van der Waals surface area contributed by atoms with Crippen molar-refractivity contribution in [2.45, 2.75) is 20.4 Å². The van der Waals surface area contributed by atoms with Crippen LogP contribution in [0.25, 0.3) is 27.8 Å². The van der Waals surface area contributed by atoms with Crippen LogP contribution in [0.2, 0.25) is 0 Å². The van der Waals surface area contributed by atoms with Gasteiger partial charge in [0.2, 0.25) is 0 Å². The molecule has 4 rings (SSSR count). The number of hydrogen-bond acceptors (Lipinski definition) is 5. The van der Waals surface area contributed by atoms with E-state index in [0.29, 0.717) is 35.7 Å². The first kappa shape index (κ1) is 21.5. The van der Waals surface area contributed by atoms with Crippen LogP contribution < -0.4 is 5.56 Å². The van der Waals surface area contributed by atoms with Crippen LogP contribution in [0.15, 0.2) is 72.0 Å². The van der Waals surface area contributed by atoms with E-state index in [1.165, 1.54) is 5.57 Å². The summed E-state index contributed by atoms with van der Waals surface area (Å²) in [7, 11) is 3.97. The summed E-state index contributed by atoms with van der Waals surface area (Å²) in [5, 5.41) is 5.18. The fraction of sp³-hybridized carbons (Fsp3) is 0.250. The second-order valence-corrected chi connectivity index (χ2v) is 8.16. The number of likely N-dealkylation sites (N-methyl/N-ethyl adjacent to an activating group) is 1. The first-order chi connectivity index (χ1) is 15.4. The lowest BCUT2D eigenvalue weighted by molar-refractivity contribution is 0.361. The van der Waals surface area contributed by atoms with Crippen molar-refractivity contribution in [3.05, 3.63) is 83.3 Å². The predicted molar refractivity (Wildman–Crippen MR) is 128 cm³/mol. The molecule has 0 spiro atoms. The third-order valence-electron chi connectivity index (χ3n) is 5.08. The third kappa shape index (κ3) is 4.04. The Hall–Kier alpha value is -3.78. The van der Waals surface area contributed by atoms with Crippen molar-refractivity contribution in [3.63, 3.8) is 0 Å². The molecule has 164 valence electrons. The quantitative estimate of drug-likeness (QED) is 0.422. The molecule has 32 heavy (non-hydrogen) atoms. The molecule has 4 aromatic heterocycles. The van der Waals surface area contributed by atoms with Gasteiger partial charge < -0.3 is 4.90 Å². The Morgan fingerprint density at radius 1 is 1.22 bits per heavy atom. The van der Waals surface area contributed by atoms with Crippen LogP contribution >= 0.6 is 0 Å². The summed E-state index contributed by atoms with van der Waals surface area (Å²) in [6.45, 7) is 9.43. The van der Waals surface area contributed by atoms with Gasteiger partial charge in [-0.3, -0.25) is 9.78 Å². The highest BCUT2D eigenvalue weighted by atomic mass is 16.1. The van der Waals surface area contributed by atoms with Gasteiger partial charge in [0.1, 0.15) is 5.52 Å². The summed E-state index contributed by atoms with van der Waals surface area (Å²) in [5.41, 5.74) is 3.32. The largest absolute Gasteiger partial charge is 0.308 e. The Labute approximate surface area is 186 Å². The normalized spacial score (nSPS) is 11.8. The second-order valence-electron chi connectivity index (χ2n) is 8.16. The van der Waals surface area contributed by atoms with E-state index < -0.39 is 0 Å². The van der Waals surface area contributed by atoms with Crippen LogP contribution in [0.5, 0.6) is 0 Å². The number of fused-ring (bicyclic) bond motifs is 2. The van der Waals surface area contributed by atoms with Crippen LogP contribution in [0, 0.1) is 0 Å². The van der Waals surface area contributed by atoms with Crippen LogP contribution in [-0.2, 0) is 6.54 Å². The Morgan fingerprint density at radius 2 is 2.03 bits per heavy atom. The molecule has 8 heteroatoms. The highest BCUT2D eigenvalue weighted by Gasteiger charge is 2.19. The van der Waals surface area contributed by atoms with Gasteiger partial charge in [0, 0.05) is 30.7 Å². The highest BCUT2D eigenvalue weighted by Crippen LogP contribution is 2.21. The smallest absolute Gasteiger partial charge is 0.276 e. The van der Waals surface area contributed by atoms with E-state index >= 15 is 0 Å². The molecule has 0 bridgehead atoms. The molecule has 0 fully saturated rings. The van der Waals surface area contributed by atoms with Gasteiger partial charge in [0.25, 0.3) is 5.56 Å². The van der Waals surface area contributed by atoms with Crippen molar-refractivity contribution >= 4 is 22.0 Å². The summed E-state index contributed by atoms with van der Waals surface area (Å²) >= 11 is 0.